The fourth-order valence-electron chi connectivity index (χ4n) is 1.72. The molecular weight excluding hydrogens is 242 g/mol. The van der Waals surface area contributed by atoms with E-state index in [0.29, 0.717) is 5.76 Å². The van der Waals surface area contributed by atoms with Crippen molar-refractivity contribution in [3.05, 3.63) is 54.4 Å². The summed E-state index contributed by atoms with van der Waals surface area (Å²) in [7, 11) is 0. The monoisotopic (exact) mass is 259 g/mol. The van der Waals surface area contributed by atoms with E-state index in [0.717, 1.165) is 18.6 Å². The average Bonchev–Trinajstić information content (AvgIpc) is 3.07. The van der Waals surface area contributed by atoms with E-state index in [2.05, 4.69) is 5.32 Å². The van der Waals surface area contributed by atoms with Crippen molar-refractivity contribution in [1.82, 2.24) is 5.32 Å². The number of amides is 1. The molecule has 2 heterocycles. The third kappa shape index (κ3) is 4.50. The van der Waals surface area contributed by atoms with E-state index in [4.69, 9.17) is 8.83 Å². The Kier molecular flexibility index (Phi) is 4.61. The van der Waals surface area contributed by atoms with Crippen molar-refractivity contribution in [2.24, 2.45) is 0 Å². The number of furan rings is 2. The molecule has 1 amide bonds. The second-order valence-corrected chi connectivity index (χ2v) is 4.38. The lowest BCUT2D eigenvalue weighted by atomic mass is 10.1. The average molecular weight is 259 g/mol. The van der Waals surface area contributed by atoms with Gasteiger partial charge >= 0.3 is 0 Å². The van der Waals surface area contributed by atoms with E-state index in [9.17, 15) is 4.79 Å². The van der Waals surface area contributed by atoms with Gasteiger partial charge in [-0.25, -0.2) is 0 Å². The van der Waals surface area contributed by atoms with Gasteiger partial charge in [0.25, 0.3) is 0 Å². The van der Waals surface area contributed by atoms with Crippen LogP contribution in [0.5, 0.6) is 0 Å². The van der Waals surface area contributed by atoms with Crippen molar-refractivity contribution < 1.29 is 13.6 Å². The minimum atomic E-state index is -0.122. The molecule has 19 heavy (non-hydrogen) atoms. The molecule has 4 heteroatoms. The summed E-state index contributed by atoms with van der Waals surface area (Å²) < 4.78 is 10.4. The van der Waals surface area contributed by atoms with Crippen LogP contribution < -0.4 is 5.32 Å². The summed E-state index contributed by atoms with van der Waals surface area (Å²) >= 11 is 0. The van der Waals surface area contributed by atoms with Crippen LogP contribution in [0.2, 0.25) is 0 Å². The summed E-state index contributed by atoms with van der Waals surface area (Å²) in [6.07, 6.45) is 8.01. The molecule has 0 aliphatic rings. The van der Waals surface area contributed by atoms with Crippen LogP contribution >= 0.6 is 0 Å². The maximum atomic E-state index is 11.6. The van der Waals surface area contributed by atoms with Gasteiger partial charge in [0.05, 0.1) is 12.5 Å². The molecule has 0 radical (unpaired) electrons. The fourth-order valence-corrected chi connectivity index (χ4v) is 1.72. The molecule has 1 atom stereocenters. The molecule has 1 N–H and O–H groups in total. The Morgan fingerprint density at radius 3 is 2.79 bits per heavy atom. The SMILES string of the molecule is CC(CCc1ccco1)NC(=O)/C=C/c1ccco1. The number of nitrogens with one attached hydrogen (secondary N) is 1. The lowest BCUT2D eigenvalue weighted by Crippen LogP contribution is -2.31. The number of aryl methyl sites for hydroxylation is 1. The summed E-state index contributed by atoms with van der Waals surface area (Å²) in [5.41, 5.74) is 0. The van der Waals surface area contributed by atoms with Crippen LogP contribution in [-0.4, -0.2) is 11.9 Å². The highest BCUT2D eigenvalue weighted by Gasteiger charge is 2.06. The molecule has 1 unspecified atom stereocenters. The molecule has 0 aromatic carbocycles. The maximum absolute atomic E-state index is 11.6. The molecule has 0 saturated carbocycles. The summed E-state index contributed by atoms with van der Waals surface area (Å²) in [6.45, 7) is 1.97. The quantitative estimate of drug-likeness (QED) is 0.811. The number of rotatable bonds is 6. The van der Waals surface area contributed by atoms with E-state index < -0.39 is 0 Å². The van der Waals surface area contributed by atoms with E-state index in [-0.39, 0.29) is 11.9 Å². The van der Waals surface area contributed by atoms with Crippen LogP contribution in [0.4, 0.5) is 0 Å². The molecule has 2 aromatic heterocycles. The first-order valence-electron chi connectivity index (χ1n) is 6.28. The first-order chi connectivity index (χ1) is 9.24. The van der Waals surface area contributed by atoms with Gasteiger partial charge in [0.1, 0.15) is 11.5 Å². The van der Waals surface area contributed by atoms with Gasteiger partial charge in [-0.3, -0.25) is 4.79 Å². The molecular formula is C15H17NO3. The summed E-state index contributed by atoms with van der Waals surface area (Å²) in [5.74, 6) is 1.48. The van der Waals surface area contributed by atoms with Gasteiger partial charge in [-0.15, -0.1) is 0 Å². The van der Waals surface area contributed by atoms with Crippen LogP contribution in [0.3, 0.4) is 0 Å². The van der Waals surface area contributed by atoms with Crippen molar-refractivity contribution in [2.45, 2.75) is 25.8 Å². The van der Waals surface area contributed by atoms with E-state index in [1.54, 1.807) is 30.7 Å². The molecule has 0 aliphatic carbocycles. The van der Waals surface area contributed by atoms with Crippen molar-refractivity contribution >= 4 is 12.0 Å². The molecule has 0 saturated heterocycles. The first kappa shape index (κ1) is 13.2. The Labute approximate surface area is 112 Å². The van der Waals surface area contributed by atoms with E-state index in [1.807, 2.05) is 19.1 Å². The zero-order chi connectivity index (χ0) is 13.5. The molecule has 0 spiro atoms. The maximum Gasteiger partial charge on any atom is 0.244 e. The van der Waals surface area contributed by atoms with Gasteiger partial charge in [0.2, 0.25) is 5.91 Å². The van der Waals surface area contributed by atoms with Crippen LogP contribution in [-0.2, 0) is 11.2 Å². The normalized spacial score (nSPS) is 12.7. The zero-order valence-corrected chi connectivity index (χ0v) is 10.8. The topological polar surface area (TPSA) is 55.4 Å². The van der Waals surface area contributed by atoms with Crippen molar-refractivity contribution in [1.29, 1.82) is 0 Å². The smallest absolute Gasteiger partial charge is 0.244 e. The standard InChI is InChI=1S/C15H17NO3/c1-12(6-7-13-4-2-10-18-13)16-15(17)9-8-14-5-3-11-19-14/h2-5,8-12H,6-7H2,1H3,(H,16,17)/b9-8+. The predicted octanol–water partition coefficient (Wildman–Crippen LogP) is 3.02. The van der Waals surface area contributed by atoms with Gasteiger partial charge < -0.3 is 14.2 Å². The molecule has 0 bridgehead atoms. The summed E-state index contributed by atoms with van der Waals surface area (Å²) in [5, 5.41) is 2.90. The van der Waals surface area contributed by atoms with Gasteiger partial charge in [-0.1, -0.05) is 0 Å². The van der Waals surface area contributed by atoms with Crippen LogP contribution in [0.25, 0.3) is 6.08 Å². The molecule has 0 fully saturated rings. The van der Waals surface area contributed by atoms with Gasteiger partial charge in [-0.05, 0) is 43.7 Å². The lowest BCUT2D eigenvalue weighted by molar-refractivity contribution is -0.117. The zero-order valence-electron chi connectivity index (χ0n) is 10.8. The predicted molar refractivity (Wildman–Crippen MR) is 72.4 cm³/mol. The van der Waals surface area contributed by atoms with Crippen LogP contribution in [0.15, 0.2) is 51.7 Å². The minimum absolute atomic E-state index is 0.0962. The summed E-state index contributed by atoms with van der Waals surface area (Å²) in [6, 6.07) is 7.47. The third-order valence-corrected chi connectivity index (χ3v) is 2.73. The number of carbonyl (C=O) groups is 1. The van der Waals surface area contributed by atoms with Gasteiger partial charge in [-0.2, -0.15) is 0 Å². The molecule has 4 nitrogen and oxygen atoms in total. The fraction of sp³-hybridized carbons (Fsp3) is 0.267. The number of carbonyl (C=O) groups excluding carboxylic acids is 1. The molecule has 2 aromatic rings. The second-order valence-electron chi connectivity index (χ2n) is 4.38. The third-order valence-electron chi connectivity index (χ3n) is 2.73. The van der Waals surface area contributed by atoms with E-state index >= 15 is 0 Å². The second kappa shape index (κ2) is 6.64. The summed E-state index contributed by atoms with van der Waals surface area (Å²) in [4.78, 5) is 11.6. The minimum Gasteiger partial charge on any atom is -0.469 e. The lowest BCUT2D eigenvalue weighted by Gasteiger charge is -2.11. The molecule has 100 valence electrons. The Morgan fingerprint density at radius 1 is 1.32 bits per heavy atom. The van der Waals surface area contributed by atoms with Crippen molar-refractivity contribution in [3.63, 3.8) is 0 Å². The highest BCUT2D eigenvalue weighted by Crippen LogP contribution is 2.06. The Morgan fingerprint density at radius 2 is 2.11 bits per heavy atom. The highest BCUT2D eigenvalue weighted by molar-refractivity contribution is 5.91. The van der Waals surface area contributed by atoms with Gasteiger partial charge in [0.15, 0.2) is 0 Å². The van der Waals surface area contributed by atoms with Crippen molar-refractivity contribution in [2.75, 3.05) is 0 Å². The largest absolute Gasteiger partial charge is 0.469 e. The van der Waals surface area contributed by atoms with Crippen LogP contribution in [0.1, 0.15) is 24.9 Å². The van der Waals surface area contributed by atoms with Gasteiger partial charge in [0, 0.05) is 18.5 Å². The Bertz CT molecular complexity index is 512. The van der Waals surface area contributed by atoms with Crippen molar-refractivity contribution in [3.8, 4) is 0 Å². The Balaban J connectivity index is 1.72. The highest BCUT2D eigenvalue weighted by atomic mass is 16.3. The molecule has 2 rings (SSSR count). The number of hydrogen-bond acceptors (Lipinski definition) is 3. The number of hydrogen-bond donors (Lipinski definition) is 1. The van der Waals surface area contributed by atoms with Crippen LogP contribution in [0, 0.1) is 0 Å². The Hall–Kier alpha value is -2.23. The first-order valence-corrected chi connectivity index (χ1v) is 6.28. The van der Waals surface area contributed by atoms with E-state index in [1.165, 1.54) is 6.08 Å². The molecule has 0 aliphatic heterocycles.